The number of hydrogen-bond acceptors (Lipinski definition) is 5. The van der Waals surface area contributed by atoms with Gasteiger partial charge in [-0.25, -0.2) is 4.99 Å². The van der Waals surface area contributed by atoms with Crippen LogP contribution in [-0.4, -0.2) is 36.4 Å². The fraction of sp³-hybridized carbons (Fsp3) is 0.429. The number of nitrogen functional groups attached to an aromatic ring is 1. The van der Waals surface area contributed by atoms with Gasteiger partial charge in [0.15, 0.2) is 11.6 Å². The largest absolute Gasteiger partial charge is 0.397 e. The van der Waals surface area contributed by atoms with Gasteiger partial charge in [0.25, 0.3) is 0 Å². The second-order valence-corrected chi connectivity index (χ2v) is 9.10. The minimum atomic E-state index is -0.138. The Morgan fingerprint density at radius 1 is 1.24 bits per heavy atom. The predicted molar refractivity (Wildman–Crippen MR) is 143 cm³/mol. The Morgan fingerprint density at radius 3 is 2.59 bits per heavy atom. The van der Waals surface area contributed by atoms with Gasteiger partial charge < -0.3 is 21.1 Å². The lowest BCUT2D eigenvalue weighted by atomic mass is 9.93. The van der Waals surface area contributed by atoms with E-state index in [1.54, 1.807) is 0 Å². The van der Waals surface area contributed by atoms with E-state index in [9.17, 15) is 9.90 Å². The molecule has 0 bridgehead atoms. The van der Waals surface area contributed by atoms with E-state index in [2.05, 4.69) is 37.1 Å². The number of ketones is 1. The first-order chi connectivity index (χ1) is 16.3. The van der Waals surface area contributed by atoms with Crippen molar-refractivity contribution in [3.63, 3.8) is 0 Å². The molecular weight excluding hydrogens is 424 g/mol. The maximum atomic E-state index is 12.5. The number of benzene rings is 2. The normalized spacial score (nSPS) is 15.5. The minimum Gasteiger partial charge on any atom is -0.397 e. The summed E-state index contributed by atoms with van der Waals surface area (Å²) in [6.45, 7) is 9.87. The highest BCUT2D eigenvalue weighted by molar-refractivity contribution is 6.43. The molecule has 0 spiro atoms. The molecule has 2 aromatic rings. The number of aryl methyl sites for hydroxylation is 1. The number of carbonyl (C=O) groups excluding carboxylic acids is 1. The number of aliphatic hydroxyl groups excluding tert-OH is 1. The van der Waals surface area contributed by atoms with Crippen molar-refractivity contribution in [3.8, 4) is 0 Å². The molecule has 1 aliphatic rings. The molecule has 2 aromatic carbocycles. The van der Waals surface area contributed by atoms with Gasteiger partial charge in [0.2, 0.25) is 0 Å². The number of Topliss-reactive ketones (excluding diaryl/α,β-unsaturated/α-hetero) is 1. The summed E-state index contributed by atoms with van der Waals surface area (Å²) in [5.41, 5.74) is 13.0. The van der Waals surface area contributed by atoms with E-state index in [-0.39, 0.29) is 18.2 Å². The van der Waals surface area contributed by atoms with E-state index in [1.165, 1.54) is 12.5 Å². The van der Waals surface area contributed by atoms with Gasteiger partial charge in [-0.2, -0.15) is 0 Å². The number of allylic oxidation sites excluding steroid dienone is 1. The van der Waals surface area contributed by atoms with Gasteiger partial charge in [-0.15, -0.1) is 0 Å². The van der Waals surface area contributed by atoms with Crippen LogP contribution in [0.25, 0.3) is 5.70 Å². The maximum absolute atomic E-state index is 12.5. The lowest BCUT2D eigenvalue weighted by molar-refractivity contribution is -0.111. The summed E-state index contributed by atoms with van der Waals surface area (Å²) < 4.78 is 0. The zero-order chi connectivity index (χ0) is 24.7. The number of rotatable bonds is 8. The van der Waals surface area contributed by atoms with Crippen LogP contribution >= 0.6 is 0 Å². The van der Waals surface area contributed by atoms with Gasteiger partial charge in [-0.1, -0.05) is 31.2 Å². The van der Waals surface area contributed by atoms with Crippen LogP contribution in [0.1, 0.15) is 56.2 Å². The Balaban J connectivity index is 1.82. The summed E-state index contributed by atoms with van der Waals surface area (Å²) in [4.78, 5) is 19.5. The Hall–Kier alpha value is -3.12. The highest BCUT2D eigenvalue weighted by atomic mass is 16.3. The quantitative estimate of drug-likeness (QED) is 0.280. The van der Waals surface area contributed by atoms with E-state index < -0.39 is 0 Å². The van der Waals surface area contributed by atoms with E-state index in [0.717, 1.165) is 67.0 Å². The average Bonchev–Trinajstić information content (AvgIpc) is 2.81. The molecule has 4 N–H and O–H groups in total. The highest BCUT2D eigenvalue weighted by Gasteiger charge is 2.20. The molecule has 182 valence electrons. The average molecular weight is 463 g/mol. The zero-order valence-corrected chi connectivity index (χ0v) is 20.9. The monoisotopic (exact) mass is 462 g/mol. The Bertz CT molecular complexity index is 1070. The molecule has 0 saturated carbocycles. The first kappa shape index (κ1) is 25.5. The summed E-state index contributed by atoms with van der Waals surface area (Å²) in [7, 11) is 0. The van der Waals surface area contributed by atoms with Crippen LogP contribution in [0.5, 0.6) is 0 Å². The molecule has 0 amide bonds. The molecule has 0 radical (unpaired) electrons. The summed E-state index contributed by atoms with van der Waals surface area (Å²) in [5, 5.41) is 12.4. The van der Waals surface area contributed by atoms with Crippen LogP contribution in [0.2, 0.25) is 0 Å². The lowest BCUT2D eigenvalue weighted by Gasteiger charge is -2.34. The summed E-state index contributed by atoms with van der Waals surface area (Å²) >= 11 is 0. The molecule has 6 nitrogen and oxygen atoms in total. The van der Waals surface area contributed by atoms with Crippen molar-refractivity contribution in [3.05, 3.63) is 59.2 Å². The zero-order valence-electron chi connectivity index (χ0n) is 20.9. The molecule has 0 aromatic heterocycles. The second-order valence-electron chi connectivity index (χ2n) is 9.10. The van der Waals surface area contributed by atoms with Crippen LogP contribution in [0.3, 0.4) is 0 Å². The van der Waals surface area contributed by atoms with Crippen molar-refractivity contribution in [1.29, 1.82) is 0 Å². The molecule has 3 rings (SSSR count). The van der Waals surface area contributed by atoms with Crippen molar-refractivity contribution in [2.75, 3.05) is 35.6 Å². The van der Waals surface area contributed by atoms with Crippen molar-refractivity contribution in [2.24, 2.45) is 10.9 Å². The standard InChI is InChI=1S/C28H38N4O2/c1-5-7-26(24-9-6-8-19(2)20(24)3)31-28(21(4)34)30-23-10-11-27(25(29)18-23)32-15-12-22(13-16-32)14-17-33/h6-11,18,22,33H,5,12-17,29H2,1-4H3,(H,30,31)/b26-7-. The molecule has 6 heteroatoms. The van der Waals surface area contributed by atoms with Crippen molar-refractivity contribution >= 4 is 34.4 Å². The SMILES string of the molecule is CC/C=C(\N=C(Nc1ccc(N2CCC(CCO)CC2)c(N)c1)C(C)=O)c1cccc(C)c1C. The highest BCUT2D eigenvalue weighted by Crippen LogP contribution is 2.31. The summed E-state index contributed by atoms with van der Waals surface area (Å²) in [5.74, 6) is 0.735. The Kier molecular flexibility index (Phi) is 8.88. The number of piperidine rings is 1. The topological polar surface area (TPSA) is 90.9 Å². The predicted octanol–water partition coefficient (Wildman–Crippen LogP) is 5.33. The molecular formula is C28H38N4O2. The van der Waals surface area contributed by atoms with Crippen LogP contribution < -0.4 is 16.0 Å². The van der Waals surface area contributed by atoms with Crippen molar-refractivity contribution in [2.45, 2.75) is 53.4 Å². The molecule has 1 aliphatic heterocycles. The molecule has 34 heavy (non-hydrogen) atoms. The molecule has 1 fully saturated rings. The molecule has 1 saturated heterocycles. The van der Waals surface area contributed by atoms with Gasteiger partial charge in [-0.05, 0) is 74.8 Å². The van der Waals surface area contributed by atoms with Gasteiger partial charge in [0.1, 0.15) is 0 Å². The number of nitrogens with two attached hydrogens (primary N) is 1. The summed E-state index contributed by atoms with van der Waals surface area (Å²) in [6, 6.07) is 12.0. The lowest BCUT2D eigenvalue weighted by Crippen LogP contribution is -2.34. The fourth-order valence-corrected chi connectivity index (χ4v) is 4.45. The number of carbonyl (C=O) groups is 1. The number of nitrogens with zero attached hydrogens (tertiary/aromatic N) is 2. The van der Waals surface area contributed by atoms with E-state index in [0.29, 0.717) is 11.6 Å². The van der Waals surface area contributed by atoms with Gasteiger partial charge in [0, 0.05) is 37.9 Å². The number of amidine groups is 1. The first-order valence-corrected chi connectivity index (χ1v) is 12.2. The van der Waals surface area contributed by atoms with Crippen LogP contribution in [0.15, 0.2) is 47.5 Å². The maximum Gasteiger partial charge on any atom is 0.195 e. The number of anilines is 3. The van der Waals surface area contributed by atoms with Crippen molar-refractivity contribution in [1.82, 2.24) is 0 Å². The van der Waals surface area contributed by atoms with Gasteiger partial charge in [0.05, 0.1) is 17.1 Å². The van der Waals surface area contributed by atoms with E-state index in [1.807, 2.05) is 36.4 Å². The van der Waals surface area contributed by atoms with Gasteiger partial charge in [-0.3, -0.25) is 4.79 Å². The minimum absolute atomic E-state index is 0.138. The van der Waals surface area contributed by atoms with Crippen LogP contribution in [-0.2, 0) is 4.79 Å². The molecule has 0 aliphatic carbocycles. The smallest absolute Gasteiger partial charge is 0.195 e. The number of nitrogens with one attached hydrogen (secondary N) is 1. The second kappa shape index (κ2) is 11.8. The van der Waals surface area contributed by atoms with E-state index >= 15 is 0 Å². The third-order valence-corrected chi connectivity index (χ3v) is 6.63. The number of hydrogen-bond donors (Lipinski definition) is 3. The molecule has 0 atom stereocenters. The van der Waals surface area contributed by atoms with Gasteiger partial charge >= 0.3 is 0 Å². The fourth-order valence-electron chi connectivity index (χ4n) is 4.45. The van der Waals surface area contributed by atoms with Crippen LogP contribution in [0.4, 0.5) is 17.1 Å². The van der Waals surface area contributed by atoms with E-state index in [4.69, 9.17) is 10.7 Å². The molecule has 0 unspecified atom stereocenters. The Morgan fingerprint density at radius 2 is 1.97 bits per heavy atom. The van der Waals surface area contributed by atoms with Crippen molar-refractivity contribution < 1.29 is 9.90 Å². The van der Waals surface area contributed by atoms with Crippen LogP contribution in [0, 0.1) is 19.8 Å². The third kappa shape index (κ3) is 6.26. The Labute approximate surface area is 203 Å². The summed E-state index contributed by atoms with van der Waals surface area (Å²) in [6.07, 6.45) is 5.85. The first-order valence-electron chi connectivity index (χ1n) is 12.2. The number of aliphatic hydroxyl groups is 1. The number of aliphatic imine (C=N–C) groups is 1. The molecule has 1 heterocycles. The third-order valence-electron chi connectivity index (χ3n) is 6.63.